The van der Waals surface area contributed by atoms with Gasteiger partial charge in [-0.05, 0) is 54.2 Å². The van der Waals surface area contributed by atoms with Crippen LogP contribution >= 0.6 is 11.6 Å². The van der Waals surface area contributed by atoms with Crippen LogP contribution in [-0.4, -0.2) is 19.1 Å². The summed E-state index contributed by atoms with van der Waals surface area (Å²) < 4.78 is 26.4. The summed E-state index contributed by atoms with van der Waals surface area (Å²) in [5.41, 5.74) is 3.72. The molecule has 32 heavy (non-hydrogen) atoms. The highest BCUT2D eigenvalue weighted by Gasteiger charge is 2.32. The van der Waals surface area contributed by atoms with Crippen molar-refractivity contribution < 1.29 is 13.6 Å². The van der Waals surface area contributed by atoms with Crippen molar-refractivity contribution in [1.82, 2.24) is 10.6 Å². The Balaban J connectivity index is 0.00000249. The van der Waals surface area contributed by atoms with Crippen LogP contribution in [0.2, 0.25) is 5.02 Å². The molecule has 3 nitrogen and oxygen atoms in total. The molecule has 1 aliphatic heterocycles. The zero-order valence-corrected chi connectivity index (χ0v) is 21.1. The van der Waals surface area contributed by atoms with Crippen LogP contribution in [0, 0.1) is 5.41 Å². The average Bonchev–Trinajstić information content (AvgIpc) is 2.85. The third-order valence-corrected chi connectivity index (χ3v) is 5.19. The topological polar surface area (TPSA) is 41.1 Å². The van der Waals surface area contributed by atoms with Gasteiger partial charge in [0.05, 0.1) is 17.4 Å². The molecule has 0 spiro atoms. The van der Waals surface area contributed by atoms with Gasteiger partial charge in [0, 0.05) is 22.7 Å². The van der Waals surface area contributed by atoms with Crippen LogP contribution in [-0.2, 0) is 11.2 Å². The summed E-state index contributed by atoms with van der Waals surface area (Å²) in [5, 5.41) is 7.06. The number of hydrogen-bond acceptors (Lipinski definition) is 3. The molecule has 1 atom stereocenters. The van der Waals surface area contributed by atoms with Crippen molar-refractivity contribution in [3.05, 3.63) is 69.2 Å². The van der Waals surface area contributed by atoms with Gasteiger partial charge in [0.2, 0.25) is 0 Å². The van der Waals surface area contributed by atoms with Gasteiger partial charge < -0.3 is 10.6 Å². The van der Waals surface area contributed by atoms with Crippen molar-refractivity contribution in [2.45, 2.75) is 67.3 Å². The molecule has 1 heterocycles. The second-order valence-corrected chi connectivity index (χ2v) is 9.08. The lowest BCUT2D eigenvalue weighted by Crippen LogP contribution is -2.28. The molecule has 1 unspecified atom stereocenters. The highest BCUT2D eigenvalue weighted by Crippen LogP contribution is 2.35. The van der Waals surface area contributed by atoms with Crippen molar-refractivity contribution in [3.8, 4) is 0 Å². The number of halogens is 3. The Bertz CT molecular complexity index is 882. The van der Waals surface area contributed by atoms with Crippen molar-refractivity contribution >= 4 is 17.4 Å². The molecule has 0 aliphatic carbocycles. The van der Waals surface area contributed by atoms with E-state index in [0.717, 1.165) is 17.5 Å². The van der Waals surface area contributed by atoms with Crippen LogP contribution in [0.3, 0.4) is 0 Å². The molecule has 0 bridgehead atoms. The first-order valence-electron chi connectivity index (χ1n) is 11.2. The molecular weight excluding hydrogens is 430 g/mol. The van der Waals surface area contributed by atoms with Gasteiger partial charge in [-0.2, -0.15) is 0 Å². The molecule has 1 aromatic rings. The number of carbonyl (C=O) groups is 1. The summed E-state index contributed by atoms with van der Waals surface area (Å²) in [7, 11) is 0. The largest absolute Gasteiger partial charge is 0.372 e. The van der Waals surface area contributed by atoms with E-state index in [4.69, 9.17) is 11.6 Å². The Morgan fingerprint density at radius 3 is 2.25 bits per heavy atom. The highest BCUT2D eigenvalue weighted by atomic mass is 35.5. The van der Waals surface area contributed by atoms with Gasteiger partial charge in [-0.15, -0.1) is 0 Å². The zero-order valence-electron chi connectivity index (χ0n) is 20.3. The molecule has 6 heteroatoms. The standard InChI is InChI=1S/C24H31ClF2N2O.C2H6/c1-6-16-13-17(25)7-8-18(16)23-22(21(30)14-24(3,4)5)15(2)28-19(9-11-26)20(29-23)10-12-27;1-2/h7-10,13,23,28-29H,6,11-12,14H2,1-5H3;1-2H3/b19-9+,20-10+;. The van der Waals surface area contributed by atoms with E-state index in [1.807, 2.05) is 53.7 Å². The lowest BCUT2D eigenvalue weighted by Gasteiger charge is -2.27. The van der Waals surface area contributed by atoms with Crippen LogP contribution in [0.5, 0.6) is 0 Å². The summed E-state index contributed by atoms with van der Waals surface area (Å²) in [6.45, 7) is 12.4. The molecule has 2 N–H and O–H groups in total. The fourth-order valence-corrected chi connectivity index (χ4v) is 3.88. The number of nitrogens with one attached hydrogen (secondary N) is 2. The summed E-state index contributed by atoms with van der Waals surface area (Å²) >= 11 is 6.20. The molecule has 2 rings (SSSR count). The van der Waals surface area contributed by atoms with Gasteiger partial charge in [0.15, 0.2) is 5.78 Å². The molecule has 178 valence electrons. The number of ketones is 1. The molecular formula is C26H37ClF2N2O. The minimum atomic E-state index is -0.716. The van der Waals surface area contributed by atoms with Gasteiger partial charge in [0.25, 0.3) is 0 Å². The van der Waals surface area contributed by atoms with Crippen molar-refractivity contribution in [3.63, 3.8) is 0 Å². The number of Topliss-reactive ketones (excluding diaryl/α,β-unsaturated/α-hetero) is 1. The van der Waals surface area contributed by atoms with E-state index in [1.165, 1.54) is 12.2 Å². The minimum Gasteiger partial charge on any atom is -0.372 e. The van der Waals surface area contributed by atoms with Gasteiger partial charge in [-0.3, -0.25) is 4.79 Å². The second kappa shape index (κ2) is 12.8. The maximum atomic E-state index is 13.4. The first-order chi connectivity index (χ1) is 15.1. The molecule has 0 amide bonds. The minimum absolute atomic E-state index is 0.0110. The Labute approximate surface area is 197 Å². The Morgan fingerprint density at radius 2 is 1.72 bits per heavy atom. The number of allylic oxidation sites excluding steroid dienone is 3. The third kappa shape index (κ3) is 7.47. The monoisotopic (exact) mass is 466 g/mol. The zero-order chi connectivity index (χ0) is 24.5. The quantitative estimate of drug-likeness (QED) is 0.467. The predicted molar refractivity (Wildman–Crippen MR) is 131 cm³/mol. The maximum Gasteiger partial charge on any atom is 0.163 e. The van der Waals surface area contributed by atoms with E-state index in [-0.39, 0.29) is 11.2 Å². The molecule has 1 aromatic carbocycles. The summed E-state index contributed by atoms with van der Waals surface area (Å²) in [6, 6.07) is 5.05. The summed E-state index contributed by atoms with van der Waals surface area (Å²) in [5.74, 6) is -0.0110. The summed E-state index contributed by atoms with van der Waals surface area (Å²) in [4.78, 5) is 13.4. The number of carbonyl (C=O) groups excluding carboxylic acids is 1. The van der Waals surface area contributed by atoms with Crippen LogP contribution in [0.25, 0.3) is 0 Å². The number of hydrogen-bond donors (Lipinski definition) is 2. The van der Waals surface area contributed by atoms with Gasteiger partial charge in [-0.25, -0.2) is 8.78 Å². The van der Waals surface area contributed by atoms with E-state index in [9.17, 15) is 13.6 Å². The van der Waals surface area contributed by atoms with Crippen molar-refractivity contribution in [2.75, 3.05) is 13.3 Å². The number of rotatable bonds is 6. The SMILES string of the molecule is CC.CCc1cc(Cl)ccc1C1NC(=C/CF)/C(=C\CF)NC(C)=C1C(=O)CC(C)(C)C. The van der Waals surface area contributed by atoms with E-state index in [1.54, 1.807) is 13.0 Å². The maximum absolute atomic E-state index is 13.4. The molecule has 0 saturated carbocycles. The van der Waals surface area contributed by atoms with Gasteiger partial charge in [-0.1, -0.05) is 59.2 Å². The van der Waals surface area contributed by atoms with E-state index < -0.39 is 19.4 Å². The Kier molecular flexibility index (Phi) is 11.1. The van der Waals surface area contributed by atoms with Crippen LogP contribution in [0.1, 0.15) is 72.1 Å². The Morgan fingerprint density at radius 1 is 1.12 bits per heavy atom. The van der Waals surface area contributed by atoms with Crippen molar-refractivity contribution in [2.24, 2.45) is 5.41 Å². The fourth-order valence-electron chi connectivity index (χ4n) is 3.69. The van der Waals surface area contributed by atoms with Crippen LogP contribution < -0.4 is 10.6 Å². The highest BCUT2D eigenvalue weighted by molar-refractivity contribution is 6.30. The smallest absolute Gasteiger partial charge is 0.163 e. The first kappa shape index (κ1) is 27.9. The molecule has 0 fully saturated rings. The average molecular weight is 467 g/mol. The first-order valence-corrected chi connectivity index (χ1v) is 11.6. The second-order valence-electron chi connectivity index (χ2n) is 8.64. The number of alkyl halides is 2. The Hall–Kier alpha value is -2.14. The van der Waals surface area contributed by atoms with E-state index >= 15 is 0 Å². The van der Waals surface area contributed by atoms with Gasteiger partial charge in [0.1, 0.15) is 13.3 Å². The molecule has 0 saturated heterocycles. The molecule has 0 radical (unpaired) electrons. The normalized spacial score (nSPS) is 19.1. The van der Waals surface area contributed by atoms with E-state index in [0.29, 0.717) is 34.1 Å². The van der Waals surface area contributed by atoms with Crippen LogP contribution in [0.4, 0.5) is 8.78 Å². The number of aryl methyl sites for hydroxylation is 1. The van der Waals surface area contributed by atoms with E-state index in [2.05, 4.69) is 10.6 Å². The number of benzene rings is 1. The molecule has 0 aromatic heterocycles. The molecule has 1 aliphatic rings. The lowest BCUT2D eigenvalue weighted by atomic mass is 9.83. The van der Waals surface area contributed by atoms with Crippen LogP contribution in [0.15, 0.2) is 53.0 Å². The van der Waals surface area contributed by atoms with Gasteiger partial charge >= 0.3 is 0 Å². The fraction of sp³-hybridized carbons (Fsp3) is 0.500. The third-order valence-electron chi connectivity index (χ3n) is 4.96. The van der Waals surface area contributed by atoms with Crippen molar-refractivity contribution in [1.29, 1.82) is 0 Å². The predicted octanol–water partition coefficient (Wildman–Crippen LogP) is 7.15. The summed E-state index contributed by atoms with van der Waals surface area (Å²) in [6.07, 6.45) is 3.76. The lowest BCUT2D eigenvalue weighted by molar-refractivity contribution is -0.117.